The van der Waals surface area contributed by atoms with Gasteiger partial charge in [0, 0.05) is 36.5 Å². The van der Waals surface area contributed by atoms with Crippen LogP contribution in [0.25, 0.3) is 6.08 Å². The van der Waals surface area contributed by atoms with Crippen LogP contribution < -0.4 is 0 Å². The number of nitrogens with zero attached hydrogens (tertiary/aromatic N) is 1. The van der Waals surface area contributed by atoms with Gasteiger partial charge < -0.3 is 19.8 Å². The molecule has 0 saturated carbocycles. The van der Waals surface area contributed by atoms with E-state index in [4.69, 9.17) is 14.9 Å². The van der Waals surface area contributed by atoms with Crippen LogP contribution in [-0.2, 0) is 9.53 Å². The lowest BCUT2D eigenvalue weighted by atomic mass is 10.2. The van der Waals surface area contributed by atoms with Gasteiger partial charge in [-0.2, -0.15) is 0 Å². The van der Waals surface area contributed by atoms with Gasteiger partial charge in [-0.3, -0.25) is 4.79 Å². The molecule has 20 heavy (non-hydrogen) atoms. The van der Waals surface area contributed by atoms with Crippen molar-refractivity contribution in [2.75, 3.05) is 33.4 Å². The topological polar surface area (TPSA) is 87.1 Å². The molecule has 0 unspecified atom stereocenters. The molecule has 1 amide bonds. The number of carboxylic acid groups (broad SMARTS) is 1. The van der Waals surface area contributed by atoms with Gasteiger partial charge in [0.05, 0.1) is 18.8 Å². The number of aliphatic hydroxyl groups is 1. The first-order valence-corrected chi connectivity index (χ1v) is 6.85. The molecule has 1 heterocycles. The Bertz CT molecular complexity index is 483. The Morgan fingerprint density at radius 3 is 2.80 bits per heavy atom. The Balaban J connectivity index is 2.76. The summed E-state index contributed by atoms with van der Waals surface area (Å²) in [6, 6.07) is 1.63. The van der Waals surface area contributed by atoms with Crippen LogP contribution in [0.2, 0.25) is 0 Å². The van der Waals surface area contributed by atoms with E-state index in [-0.39, 0.29) is 19.1 Å². The summed E-state index contributed by atoms with van der Waals surface area (Å²) in [7, 11) is 1.54. The average molecular weight is 299 g/mol. The fourth-order valence-corrected chi connectivity index (χ4v) is 2.30. The number of carbonyl (C=O) groups excluding carboxylic acids is 1. The van der Waals surface area contributed by atoms with Crippen LogP contribution in [0.3, 0.4) is 0 Å². The number of hydrogen-bond donors (Lipinski definition) is 2. The molecule has 0 aliphatic heterocycles. The van der Waals surface area contributed by atoms with Gasteiger partial charge >= 0.3 is 5.97 Å². The van der Waals surface area contributed by atoms with Gasteiger partial charge in [0.15, 0.2) is 0 Å². The molecule has 1 aromatic heterocycles. The van der Waals surface area contributed by atoms with E-state index in [1.54, 1.807) is 18.6 Å². The highest BCUT2D eigenvalue weighted by molar-refractivity contribution is 7.11. The number of ether oxygens (including phenoxy) is 1. The summed E-state index contributed by atoms with van der Waals surface area (Å²) in [5.41, 5.74) is 0.476. The van der Waals surface area contributed by atoms with Crippen LogP contribution in [0.4, 0.5) is 0 Å². The van der Waals surface area contributed by atoms with Gasteiger partial charge in [-0.1, -0.05) is 0 Å². The second kappa shape index (κ2) is 8.47. The molecule has 0 aliphatic carbocycles. The molecule has 110 valence electrons. The van der Waals surface area contributed by atoms with Crippen LogP contribution in [0.1, 0.15) is 15.2 Å². The van der Waals surface area contributed by atoms with Crippen molar-refractivity contribution in [3.8, 4) is 0 Å². The maximum Gasteiger partial charge on any atom is 0.328 e. The molecule has 2 N–H and O–H groups in total. The molecular weight excluding hydrogens is 282 g/mol. The smallest absolute Gasteiger partial charge is 0.328 e. The third-order valence-corrected chi connectivity index (χ3v) is 3.38. The summed E-state index contributed by atoms with van der Waals surface area (Å²) >= 11 is 1.29. The first kappa shape index (κ1) is 16.4. The molecule has 0 bridgehead atoms. The molecule has 0 aromatic carbocycles. The quantitative estimate of drug-likeness (QED) is 0.697. The first-order valence-electron chi connectivity index (χ1n) is 5.97. The lowest BCUT2D eigenvalue weighted by Crippen LogP contribution is -2.35. The molecule has 0 aliphatic rings. The molecule has 1 aromatic rings. The third kappa shape index (κ3) is 5.12. The highest BCUT2D eigenvalue weighted by Gasteiger charge is 2.16. The Morgan fingerprint density at radius 2 is 2.20 bits per heavy atom. The summed E-state index contributed by atoms with van der Waals surface area (Å²) in [4.78, 5) is 24.8. The molecule has 0 saturated heterocycles. The number of rotatable bonds is 8. The monoisotopic (exact) mass is 299 g/mol. The van der Waals surface area contributed by atoms with E-state index in [9.17, 15) is 9.59 Å². The van der Waals surface area contributed by atoms with E-state index in [2.05, 4.69) is 0 Å². The van der Waals surface area contributed by atoms with Crippen LogP contribution in [0, 0.1) is 0 Å². The van der Waals surface area contributed by atoms with E-state index >= 15 is 0 Å². The highest BCUT2D eigenvalue weighted by Crippen LogP contribution is 2.18. The van der Waals surface area contributed by atoms with Gasteiger partial charge in [-0.05, 0) is 12.1 Å². The fraction of sp³-hybridized carbons (Fsp3) is 0.385. The van der Waals surface area contributed by atoms with Crippen LogP contribution in [-0.4, -0.2) is 60.4 Å². The number of aliphatic carboxylic acids is 1. The number of carbonyl (C=O) groups is 2. The Kier molecular flexibility index (Phi) is 6.92. The Hall–Kier alpha value is -1.70. The van der Waals surface area contributed by atoms with Gasteiger partial charge in [0.2, 0.25) is 0 Å². The molecule has 1 rings (SSSR count). The van der Waals surface area contributed by atoms with E-state index in [0.717, 1.165) is 6.08 Å². The number of amides is 1. The number of methoxy groups -OCH3 is 1. The van der Waals surface area contributed by atoms with Crippen molar-refractivity contribution < 1.29 is 24.5 Å². The summed E-state index contributed by atoms with van der Waals surface area (Å²) in [6.07, 6.45) is 2.46. The van der Waals surface area contributed by atoms with Gasteiger partial charge in [-0.15, -0.1) is 11.3 Å². The second-order valence-electron chi connectivity index (χ2n) is 3.92. The van der Waals surface area contributed by atoms with Crippen LogP contribution in [0.15, 0.2) is 17.5 Å². The van der Waals surface area contributed by atoms with Crippen LogP contribution >= 0.6 is 11.3 Å². The number of aliphatic hydroxyl groups excluding tert-OH is 1. The number of thiophene rings is 1. The maximum atomic E-state index is 12.2. The van der Waals surface area contributed by atoms with Crippen molar-refractivity contribution in [3.63, 3.8) is 0 Å². The lowest BCUT2D eigenvalue weighted by Gasteiger charge is -2.20. The van der Waals surface area contributed by atoms with Crippen molar-refractivity contribution in [2.24, 2.45) is 0 Å². The van der Waals surface area contributed by atoms with E-state index in [1.165, 1.54) is 22.3 Å². The Morgan fingerprint density at radius 1 is 1.45 bits per heavy atom. The maximum absolute atomic E-state index is 12.2. The summed E-state index contributed by atoms with van der Waals surface area (Å²) < 4.78 is 4.93. The zero-order valence-electron chi connectivity index (χ0n) is 11.1. The standard InChI is InChI=1S/C13H17NO5S/c1-19-7-5-14(4-6-15)13(18)10-8-11(20-9-10)2-3-12(16)17/h2-3,8-9,15H,4-7H2,1H3,(H,16,17)/b3-2+. The molecular formula is C13H17NO5S. The lowest BCUT2D eigenvalue weighted by molar-refractivity contribution is -0.131. The molecule has 6 nitrogen and oxygen atoms in total. The summed E-state index contributed by atoms with van der Waals surface area (Å²) in [5.74, 6) is -1.24. The SMILES string of the molecule is COCCN(CCO)C(=O)c1csc(/C=C/C(=O)O)c1. The largest absolute Gasteiger partial charge is 0.478 e. The fourth-order valence-electron chi connectivity index (χ4n) is 1.53. The zero-order valence-corrected chi connectivity index (χ0v) is 11.9. The molecule has 0 atom stereocenters. The van der Waals surface area contributed by atoms with Crippen LogP contribution in [0.5, 0.6) is 0 Å². The highest BCUT2D eigenvalue weighted by atomic mass is 32.1. The minimum atomic E-state index is -1.03. The molecule has 0 spiro atoms. The summed E-state index contributed by atoms with van der Waals surface area (Å²) in [5, 5.41) is 19.2. The molecule has 7 heteroatoms. The second-order valence-corrected chi connectivity index (χ2v) is 4.86. The van der Waals surface area contributed by atoms with E-state index in [0.29, 0.717) is 23.6 Å². The van der Waals surface area contributed by atoms with Crippen molar-refractivity contribution >= 4 is 29.3 Å². The Labute approximate surface area is 120 Å². The van der Waals surface area contributed by atoms with Crippen molar-refractivity contribution in [3.05, 3.63) is 28.0 Å². The van der Waals surface area contributed by atoms with Crippen molar-refractivity contribution in [1.82, 2.24) is 4.90 Å². The van der Waals surface area contributed by atoms with Crippen molar-refractivity contribution in [2.45, 2.75) is 0 Å². The third-order valence-electron chi connectivity index (χ3n) is 2.48. The summed E-state index contributed by atoms with van der Waals surface area (Å²) in [6.45, 7) is 0.900. The first-order chi connectivity index (χ1) is 9.58. The predicted octanol–water partition coefficient (Wildman–Crippen LogP) is 0.927. The minimum Gasteiger partial charge on any atom is -0.478 e. The number of hydrogen-bond acceptors (Lipinski definition) is 5. The van der Waals surface area contributed by atoms with Gasteiger partial charge in [0.25, 0.3) is 5.91 Å². The van der Waals surface area contributed by atoms with Crippen molar-refractivity contribution in [1.29, 1.82) is 0 Å². The predicted molar refractivity (Wildman–Crippen MR) is 75.9 cm³/mol. The van der Waals surface area contributed by atoms with Gasteiger partial charge in [0.1, 0.15) is 0 Å². The average Bonchev–Trinajstić information content (AvgIpc) is 2.89. The normalized spacial score (nSPS) is 10.9. The number of carboxylic acids is 1. The zero-order chi connectivity index (χ0) is 15.0. The van der Waals surface area contributed by atoms with E-state index in [1.807, 2.05) is 0 Å². The molecule has 0 fully saturated rings. The van der Waals surface area contributed by atoms with Gasteiger partial charge in [-0.25, -0.2) is 4.79 Å². The molecule has 0 radical (unpaired) electrons. The minimum absolute atomic E-state index is 0.120. The van der Waals surface area contributed by atoms with E-state index < -0.39 is 5.97 Å².